The zero-order valence-corrected chi connectivity index (χ0v) is 30.1. The van der Waals surface area contributed by atoms with Crippen LogP contribution in [-0.2, 0) is 35.3 Å². The summed E-state index contributed by atoms with van der Waals surface area (Å²) < 4.78 is 5.74. The van der Waals surface area contributed by atoms with Gasteiger partial charge in [-0.15, -0.1) is 0 Å². The van der Waals surface area contributed by atoms with Crippen molar-refractivity contribution in [2.75, 3.05) is 6.54 Å². The molecule has 4 saturated carbocycles. The zero-order chi connectivity index (χ0) is 36.3. The molecule has 0 aromatic heterocycles. The minimum atomic E-state index is -1.21. The minimum absolute atomic E-state index is 0.0832. The highest BCUT2D eigenvalue weighted by Crippen LogP contribution is 2.65. The van der Waals surface area contributed by atoms with E-state index in [1.54, 1.807) is 4.90 Å². The van der Waals surface area contributed by atoms with Crippen LogP contribution in [0.15, 0.2) is 30.3 Å². The highest BCUT2D eigenvalue weighted by molar-refractivity contribution is 6.37. The number of fused-ring (bicyclic) bond motifs is 1. The number of hydrogen-bond donors (Lipinski definition) is 4. The van der Waals surface area contributed by atoms with E-state index in [9.17, 15) is 28.8 Å². The number of Topliss-reactive ketones (excluding diaryl/α,β-unsaturated/α-hetero) is 1. The van der Waals surface area contributed by atoms with Gasteiger partial charge in [0, 0.05) is 6.54 Å². The fourth-order valence-electron chi connectivity index (χ4n) is 9.35. The number of piperidine rings is 1. The number of amides is 5. The molecule has 5 N–H and O–H groups in total. The number of hydrogen-bond acceptors (Lipinski definition) is 7. The molecule has 1 saturated heterocycles. The first-order valence-corrected chi connectivity index (χ1v) is 19.2. The summed E-state index contributed by atoms with van der Waals surface area (Å²) in [7, 11) is 0. The van der Waals surface area contributed by atoms with E-state index in [-0.39, 0.29) is 41.6 Å². The number of urea groups is 1. The second kappa shape index (κ2) is 15.3. The molecule has 6 rings (SSSR count). The monoisotopic (exact) mass is 705 g/mol. The van der Waals surface area contributed by atoms with Crippen molar-refractivity contribution in [3.63, 3.8) is 0 Å². The predicted octanol–water partition coefficient (Wildman–Crippen LogP) is 3.89. The Morgan fingerprint density at radius 2 is 1.55 bits per heavy atom. The molecule has 4 aliphatic carbocycles. The van der Waals surface area contributed by atoms with Crippen LogP contribution in [0.1, 0.15) is 109 Å². The third kappa shape index (κ3) is 7.94. The number of nitrogens with two attached hydrogens (primary N) is 1. The normalized spacial score (nSPS) is 26.4. The summed E-state index contributed by atoms with van der Waals surface area (Å²) in [5.74, 6) is -3.14. The van der Waals surface area contributed by atoms with Crippen LogP contribution in [0, 0.1) is 29.1 Å². The van der Waals surface area contributed by atoms with Crippen LogP contribution in [0.5, 0.6) is 0 Å². The Hall–Kier alpha value is -3.96. The quantitative estimate of drug-likeness (QED) is 0.178. The number of carbonyl (C=O) groups is 6. The van der Waals surface area contributed by atoms with Crippen molar-refractivity contribution >= 4 is 35.5 Å². The van der Waals surface area contributed by atoms with E-state index in [1.807, 2.05) is 30.3 Å². The van der Waals surface area contributed by atoms with Crippen LogP contribution in [0.2, 0.25) is 0 Å². The number of nitrogens with zero attached hydrogens (tertiary/aromatic N) is 1. The van der Waals surface area contributed by atoms with Crippen molar-refractivity contribution in [2.45, 2.75) is 134 Å². The Balaban J connectivity index is 1.19. The van der Waals surface area contributed by atoms with Crippen molar-refractivity contribution in [3.8, 4) is 0 Å². The first kappa shape index (κ1) is 36.8. The molecule has 0 spiro atoms. The standard InChI is InChI=1S/C39H55N5O7/c1-38(2)27-22-44(31(29(27)38)34(47)41-28(32(45)33(40)46)21-24-15-12-16-24)35(48)30(26-17-8-4-9-18-26)42-37(50)43-39(19-10-5-11-20-39)36(49)51-23-25-13-6-3-7-14-25/h3,6-7,13-14,24,26-31H,4-5,8-12,15-23H2,1-2H3,(H2,40,46)(H,41,47)(H2,42,43,50)/t27-,28?,29-,30-,31-/m0/s1. The van der Waals surface area contributed by atoms with Gasteiger partial charge in [0.25, 0.3) is 5.91 Å². The van der Waals surface area contributed by atoms with E-state index in [4.69, 9.17) is 10.5 Å². The molecule has 1 aromatic carbocycles. The molecule has 0 bridgehead atoms. The van der Waals surface area contributed by atoms with E-state index in [0.29, 0.717) is 25.8 Å². The van der Waals surface area contributed by atoms with E-state index >= 15 is 0 Å². The molecule has 1 aromatic rings. The van der Waals surface area contributed by atoms with Crippen molar-refractivity contribution in [1.82, 2.24) is 20.9 Å². The van der Waals surface area contributed by atoms with Crippen molar-refractivity contribution < 1.29 is 33.5 Å². The number of benzene rings is 1. The number of ketones is 1. The van der Waals surface area contributed by atoms with Gasteiger partial charge in [-0.2, -0.15) is 0 Å². The Morgan fingerprint density at radius 3 is 2.18 bits per heavy atom. The fraction of sp³-hybridized carbons (Fsp3) is 0.692. The Labute approximate surface area is 300 Å². The molecule has 5 amide bonds. The minimum Gasteiger partial charge on any atom is -0.459 e. The number of primary amides is 1. The molecular formula is C39H55N5O7. The second-order valence-corrected chi connectivity index (χ2v) is 16.4. The van der Waals surface area contributed by atoms with Gasteiger partial charge in [0.1, 0.15) is 24.2 Å². The van der Waals surface area contributed by atoms with Crippen LogP contribution in [0.4, 0.5) is 4.79 Å². The van der Waals surface area contributed by atoms with Crippen LogP contribution in [-0.4, -0.2) is 70.6 Å². The summed E-state index contributed by atoms with van der Waals surface area (Å²) in [4.78, 5) is 82.7. The molecular weight excluding hydrogens is 650 g/mol. The summed E-state index contributed by atoms with van der Waals surface area (Å²) in [5.41, 5.74) is 4.84. The molecule has 0 radical (unpaired) electrons. The lowest BCUT2D eigenvalue weighted by molar-refractivity contribution is -0.154. The first-order valence-electron chi connectivity index (χ1n) is 19.2. The van der Waals surface area contributed by atoms with E-state index in [1.165, 1.54) is 0 Å². The lowest BCUT2D eigenvalue weighted by Gasteiger charge is -2.39. The largest absolute Gasteiger partial charge is 0.459 e. The second-order valence-electron chi connectivity index (χ2n) is 16.4. The number of esters is 1. The molecule has 5 atom stereocenters. The molecule has 12 heteroatoms. The molecule has 5 fully saturated rings. The lowest BCUT2D eigenvalue weighted by Crippen LogP contribution is -2.63. The SMILES string of the molecule is CC1(C)[C@@H]2[C@@H](C(=O)NC(CC3CCC3)C(=O)C(N)=O)N(C(=O)[C@@H](NC(=O)NC3(C(=O)OCc4ccccc4)CCCCC3)C3CCCCC3)C[C@@H]21. The van der Waals surface area contributed by atoms with Gasteiger partial charge in [-0.25, -0.2) is 9.59 Å². The third-order valence-corrected chi connectivity index (χ3v) is 12.8. The number of likely N-dealkylation sites (tertiary alicyclic amines) is 1. The van der Waals surface area contributed by atoms with Crippen molar-refractivity contribution in [2.24, 2.45) is 34.8 Å². The maximum Gasteiger partial charge on any atom is 0.332 e. The molecule has 278 valence electrons. The third-order valence-electron chi connectivity index (χ3n) is 12.8. The summed E-state index contributed by atoms with van der Waals surface area (Å²) in [6.07, 6.45) is 11.0. The fourth-order valence-corrected chi connectivity index (χ4v) is 9.35. The van der Waals surface area contributed by atoms with Gasteiger partial charge < -0.3 is 31.3 Å². The molecule has 1 heterocycles. The van der Waals surface area contributed by atoms with Crippen molar-refractivity contribution in [1.29, 1.82) is 0 Å². The van der Waals surface area contributed by atoms with Gasteiger partial charge in [0.15, 0.2) is 0 Å². The number of rotatable bonds is 13. The van der Waals surface area contributed by atoms with Crippen LogP contribution < -0.4 is 21.7 Å². The molecule has 51 heavy (non-hydrogen) atoms. The van der Waals surface area contributed by atoms with Gasteiger partial charge >= 0.3 is 12.0 Å². The lowest BCUT2D eigenvalue weighted by atomic mass is 9.80. The summed E-state index contributed by atoms with van der Waals surface area (Å²) in [6.45, 7) is 4.61. The predicted molar refractivity (Wildman–Crippen MR) is 188 cm³/mol. The van der Waals surface area contributed by atoms with Gasteiger partial charge in [0.2, 0.25) is 17.6 Å². The maximum atomic E-state index is 14.7. The van der Waals surface area contributed by atoms with E-state index in [2.05, 4.69) is 29.8 Å². The van der Waals surface area contributed by atoms with E-state index < -0.39 is 53.3 Å². The van der Waals surface area contributed by atoms with Crippen LogP contribution in [0.25, 0.3) is 0 Å². The van der Waals surface area contributed by atoms with Gasteiger partial charge in [-0.3, -0.25) is 19.2 Å². The first-order chi connectivity index (χ1) is 24.4. The van der Waals surface area contributed by atoms with Crippen LogP contribution >= 0.6 is 0 Å². The highest BCUT2D eigenvalue weighted by Gasteiger charge is 2.70. The van der Waals surface area contributed by atoms with E-state index in [0.717, 1.165) is 76.2 Å². The Bertz CT molecular complexity index is 1480. The summed E-state index contributed by atoms with van der Waals surface area (Å²) >= 11 is 0. The van der Waals surface area contributed by atoms with Crippen molar-refractivity contribution in [3.05, 3.63) is 35.9 Å². The van der Waals surface area contributed by atoms with Gasteiger partial charge in [0.05, 0.1) is 6.04 Å². The van der Waals surface area contributed by atoms with Gasteiger partial charge in [-0.05, 0) is 66.8 Å². The average molecular weight is 706 g/mol. The molecule has 1 aliphatic heterocycles. The topological polar surface area (TPSA) is 177 Å². The number of ether oxygens (including phenoxy) is 1. The maximum absolute atomic E-state index is 14.7. The summed E-state index contributed by atoms with van der Waals surface area (Å²) in [6, 6.07) is 6.01. The smallest absolute Gasteiger partial charge is 0.332 e. The molecule has 5 aliphatic rings. The van der Waals surface area contributed by atoms with Crippen LogP contribution in [0.3, 0.4) is 0 Å². The molecule has 12 nitrogen and oxygen atoms in total. The van der Waals surface area contributed by atoms with Gasteiger partial charge in [-0.1, -0.05) is 102 Å². The number of carbonyl (C=O) groups excluding carboxylic acids is 6. The zero-order valence-electron chi connectivity index (χ0n) is 30.1. The number of nitrogens with one attached hydrogen (secondary N) is 3. The average Bonchev–Trinajstić information content (AvgIpc) is 3.41. The summed E-state index contributed by atoms with van der Waals surface area (Å²) in [5, 5.41) is 8.80. The highest BCUT2D eigenvalue weighted by atomic mass is 16.5. The Morgan fingerprint density at radius 1 is 0.882 bits per heavy atom. The molecule has 1 unspecified atom stereocenters. The Kier molecular flexibility index (Phi) is 11.1.